The highest BCUT2D eigenvalue weighted by atomic mass is 32.2. The minimum Gasteiger partial charge on any atom is -0.480 e. The maximum atomic E-state index is 12.3. The van der Waals surface area contributed by atoms with Gasteiger partial charge < -0.3 is 15.3 Å². The highest BCUT2D eigenvalue weighted by molar-refractivity contribution is 8.01. The quantitative estimate of drug-likeness (QED) is 0.573. The van der Waals surface area contributed by atoms with Crippen LogP contribution in [0.5, 0.6) is 0 Å². The van der Waals surface area contributed by atoms with Gasteiger partial charge in [0.15, 0.2) is 5.78 Å². The number of carbonyl (C=O) groups excluding carboxylic acids is 3. The SMILES string of the molecule is CC1(C)S[C@@H]2[C@H](NC(=O)CCC(=O)c3ccccc3)C(=O)N2[C@H]1C(=O)O. The summed E-state index contributed by atoms with van der Waals surface area (Å²) in [5.41, 5.74) is 0.545. The van der Waals surface area contributed by atoms with E-state index in [4.69, 9.17) is 0 Å². The Kier molecular flexibility index (Phi) is 4.79. The molecule has 26 heavy (non-hydrogen) atoms. The summed E-state index contributed by atoms with van der Waals surface area (Å²) in [6.45, 7) is 3.55. The highest BCUT2D eigenvalue weighted by Gasteiger charge is 2.64. The fraction of sp³-hybridized carbons (Fsp3) is 0.444. The van der Waals surface area contributed by atoms with Crippen LogP contribution in [0.2, 0.25) is 0 Å². The Bertz CT molecular complexity index is 764. The summed E-state index contributed by atoms with van der Waals surface area (Å²) in [7, 11) is 0. The van der Waals surface area contributed by atoms with Crippen LogP contribution in [0.4, 0.5) is 0 Å². The molecule has 2 fully saturated rings. The minimum atomic E-state index is -1.04. The number of rotatable bonds is 6. The summed E-state index contributed by atoms with van der Waals surface area (Å²) in [6, 6.07) is 7.07. The number of nitrogens with one attached hydrogen (secondary N) is 1. The fourth-order valence-corrected chi connectivity index (χ4v) is 5.01. The first-order valence-electron chi connectivity index (χ1n) is 8.33. The van der Waals surface area contributed by atoms with Crippen molar-refractivity contribution in [1.29, 1.82) is 0 Å². The molecular formula is C18H20N2O5S. The Morgan fingerprint density at radius 1 is 1.19 bits per heavy atom. The number of hydrogen-bond acceptors (Lipinski definition) is 5. The van der Waals surface area contributed by atoms with Crippen molar-refractivity contribution in [2.75, 3.05) is 0 Å². The summed E-state index contributed by atoms with van der Waals surface area (Å²) in [5.74, 6) is -1.95. The van der Waals surface area contributed by atoms with Gasteiger partial charge in [-0.05, 0) is 13.8 Å². The molecule has 3 rings (SSSR count). The zero-order valence-electron chi connectivity index (χ0n) is 14.5. The third kappa shape index (κ3) is 3.21. The van der Waals surface area contributed by atoms with Crippen LogP contribution in [0.1, 0.15) is 37.0 Å². The lowest BCUT2D eigenvalue weighted by Crippen LogP contribution is -2.70. The summed E-state index contributed by atoms with van der Waals surface area (Å²) in [4.78, 5) is 49.3. The number of amides is 2. The molecule has 2 saturated heterocycles. The van der Waals surface area contributed by atoms with Gasteiger partial charge in [0.2, 0.25) is 11.8 Å². The van der Waals surface area contributed by atoms with Gasteiger partial charge in [0.25, 0.3) is 0 Å². The standard InChI is InChI=1S/C18H20N2O5S/c1-18(2)14(17(24)25)20-15(23)13(16(20)26-18)19-12(22)9-8-11(21)10-6-4-3-5-7-10/h3-7,13-14,16H,8-9H2,1-2H3,(H,19,22)(H,24,25)/t13-,14+,16-/m1/s1. The first kappa shape index (κ1) is 18.4. The van der Waals surface area contributed by atoms with Gasteiger partial charge in [0.05, 0.1) is 0 Å². The van der Waals surface area contributed by atoms with Gasteiger partial charge in [-0.2, -0.15) is 0 Å². The van der Waals surface area contributed by atoms with Crippen LogP contribution in [0.3, 0.4) is 0 Å². The molecule has 138 valence electrons. The summed E-state index contributed by atoms with van der Waals surface area (Å²) < 4.78 is -0.630. The topological polar surface area (TPSA) is 104 Å². The number of β-lactam (4-membered cyclic amide) rings is 1. The number of nitrogens with zero attached hydrogens (tertiary/aromatic N) is 1. The Morgan fingerprint density at radius 2 is 1.85 bits per heavy atom. The van der Waals surface area contributed by atoms with E-state index >= 15 is 0 Å². The van der Waals surface area contributed by atoms with Crippen molar-refractivity contribution < 1.29 is 24.3 Å². The number of carboxylic acids is 1. The van der Waals surface area contributed by atoms with Gasteiger partial charge in [0, 0.05) is 23.2 Å². The van der Waals surface area contributed by atoms with E-state index in [9.17, 15) is 24.3 Å². The summed E-state index contributed by atoms with van der Waals surface area (Å²) >= 11 is 1.37. The van der Waals surface area contributed by atoms with E-state index in [1.807, 2.05) is 6.07 Å². The lowest BCUT2D eigenvalue weighted by Gasteiger charge is -2.43. The molecule has 0 bridgehead atoms. The zero-order chi connectivity index (χ0) is 19.1. The number of thioether (sulfide) groups is 1. The largest absolute Gasteiger partial charge is 0.480 e. The number of benzene rings is 1. The molecule has 1 aromatic rings. The highest BCUT2D eigenvalue weighted by Crippen LogP contribution is 2.50. The molecule has 0 spiro atoms. The normalized spacial score (nSPS) is 26.0. The second-order valence-corrected chi connectivity index (χ2v) is 8.70. The van der Waals surface area contributed by atoms with E-state index in [-0.39, 0.29) is 35.8 Å². The molecule has 0 saturated carbocycles. The predicted octanol–water partition coefficient (Wildman–Crippen LogP) is 1.28. The number of fused-ring (bicyclic) bond motifs is 1. The molecule has 2 N–H and O–H groups in total. The van der Waals surface area contributed by atoms with E-state index < -0.39 is 22.8 Å². The molecule has 2 aliphatic heterocycles. The van der Waals surface area contributed by atoms with Crippen molar-refractivity contribution >= 4 is 35.3 Å². The van der Waals surface area contributed by atoms with Crippen molar-refractivity contribution in [1.82, 2.24) is 10.2 Å². The van der Waals surface area contributed by atoms with E-state index in [0.29, 0.717) is 5.56 Å². The number of aliphatic carboxylic acids is 1. The number of ketones is 1. The average molecular weight is 376 g/mol. The van der Waals surface area contributed by atoms with E-state index in [0.717, 1.165) is 0 Å². The van der Waals surface area contributed by atoms with Crippen molar-refractivity contribution in [3.8, 4) is 0 Å². The monoisotopic (exact) mass is 376 g/mol. The maximum Gasteiger partial charge on any atom is 0.327 e. The van der Waals surface area contributed by atoms with Crippen LogP contribution >= 0.6 is 11.8 Å². The number of Topliss-reactive ketones (excluding diaryl/α,β-unsaturated/α-hetero) is 1. The smallest absolute Gasteiger partial charge is 0.327 e. The second kappa shape index (κ2) is 6.75. The molecule has 2 heterocycles. The summed E-state index contributed by atoms with van der Waals surface area (Å²) in [6.07, 6.45) is 0.0438. The van der Waals surface area contributed by atoms with Crippen LogP contribution in [0.25, 0.3) is 0 Å². The first-order valence-corrected chi connectivity index (χ1v) is 9.21. The number of carbonyl (C=O) groups is 4. The Hall–Kier alpha value is -2.35. The van der Waals surface area contributed by atoms with Gasteiger partial charge in [0.1, 0.15) is 17.5 Å². The molecule has 0 aromatic heterocycles. The van der Waals surface area contributed by atoms with Crippen LogP contribution in [-0.4, -0.2) is 55.8 Å². The average Bonchev–Trinajstić information content (AvgIpc) is 2.86. The second-order valence-electron chi connectivity index (χ2n) is 6.93. The zero-order valence-corrected chi connectivity index (χ0v) is 15.3. The van der Waals surface area contributed by atoms with Crippen molar-refractivity contribution in [2.24, 2.45) is 0 Å². The molecule has 2 amide bonds. The van der Waals surface area contributed by atoms with Crippen LogP contribution < -0.4 is 5.32 Å². The third-order valence-corrected chi connectivity index (χ3v) is 6.24. The van der Waals surface area contributed by atoms with Gasteiger partial charge in [-0.25, -0.2) is 4.79 Å². The van der Waals surface area contributed by atoms with Gasteiger partial charge in [-0.15, -0.1) is 11.8 Å². The van der Waals surface area contributed by atoms with E-state index in [2.05, 4.69) is 5.32 Å². The molecule has 3 atom stereocenters. The van der Waals surface area contributed by atoms with E-state index in [1.165, 1.54) is 16.7 Å². The summed E-state index contributed by atoms with van der Waals surface area (Å²) in [5, 5.41) is 11.6. The van der Waals surface area contributed by atoms with Crippen molar-refractivity contribution in [2.45, 2.75) is 48.9 Å². The number of carboxylic acid groups (broad SMARTS) is 1. The predicted molar refractivity (Wildman–Crippen MR) is 95.7 cm³/mol. The van der Waals surface area contributed by atoms with E-state index in [1.54, 1.807) is 38.1 Å². The molecule has 2 aliphatic rings. The molecule has 7 nitrogen and oxygen atoms in total. The Labute approximate surface area is 155 Å². The van der Waals surface area contributed by atoms with Gasteiger partial charge in [-0.3, -0.25) is 14.4 Å². The van der Waals surface area contributed by atoms with Gasteiger partial charge >= 0.3 is 5.97 Å². The molecule has 0 aliphatic carbocycles. The molecule has 0 unspecified atom stereocenters. The van der Waals surface area contributed by atoms with Crippen LogP contribution in [0.15, 0.2) is 30.3 Å². The van der Waals surface area contributed by atoms with Crippen molar-refractivity contribution in [3.05, 3.63) is 35.9 Å². The molecule has 0 radical (unpaired) electrons. The first-order chi connectivity index (χ1) is 12.2. The Balaban J connectivity index is 1.56. The third-order valence-electron chi connectivity index (χ3n) is 4.67. The molecule has 1 aromatic carbocycles. The van der Waals surface area contributed by atoms with Crippen LogP contribution in [-0.2, 0) is 14.4 Å². The molecular weight excluding hydrogens is 356 g/mol. The van der Waals surface area contributed by atoms with Crippen LogP contribution in [0, 0.1) is 0 Å². The lowest BCUT2D eigenvalue weighted by atomic mass is 9.96. The van der Waals surface area contributed by atoms with Gasteiger partial charge in [-0.1, -0.05) is 30.3 Å². The minimum absolute atomic E-state index is 0.0132. The fourth-order valence-electron chi connectivity index (χ4n) is 3.39. The number of hydrogen-bond donors (Lipinski definition) is 2. The van der Waals surface area contributed by atoms with Crippen molar-refractivity contribution in [3.63, 3.8) is 0 Å². The lowest BCUT2D eigenvalue weighted by molar-refractivity contribution is -0.161. The molecule has 8 heteroatoms. The maximum absolute atomic E-state index is 12.3. The Morgan fingerprint density at radius 3 is 2.46 bits per heavy atom.